The summed E-state index contributed by atoms with van der Waals surface area (Å²) in [5.41, 5.74) is 0. The smallest absolute Gasteiger partial charge is 0.242 e. The van der Waals surface area contributed by atoms with Crippen LogP contribution in [0.3, 0.4) is 0 Å². The lowest BCUT2D eigenvalue weighted by atomic mass is 10.0. The van der Waals surface area contributed by atoms with Gasteiger partial charge in [-0.15, -0.1) is 0 Å². The molecule has 0 aromatic heterocycles. The van der Waals surface area contributed by atoms with E-state index >= 15 is 0 Å². The van der Waals surface area contributed by atoms with E-state index in [0.717, 1.165) is 0 Å². The molecule has 0 fully saturated rings. The third-order valence-electron chi connectivity index (χ3n) is 1.93. The number of hydrogen-bond acceptors (Lipinski definition) is 3. The van der Waals surface area contributed by atoms with Crippen molar-refractivity contribution in [2.75, 3.05) is 0 Å². The largest absolute Gasteiger partial charge is 0.347 e. The van der Waals surface area contributed by atoms with Gasteiger partial charge in [-0.3, -0.25) is 9.59 Å². The Labute approximate surface area is 89.6 Å². The number of carbonyl (C=O) groups is 3. The molecule has 2 N–H and O–H groups in total. The van der Waals surface area contributed by atoms with Gasteiger partial charge < -0.3 is 15.4 Å². The van der Waals surface area contributed by atoms with Gasteiger partial charge in [-0.2, -0.15) is 0 Å². The number of aldehydes is 1. The fourth-order valence-corrected chi connectivity index (χ4v) is 1.14. The van der Waals surface area contributed by atoms with Crippen LogP contribution in [0.5, 0.6) is 0 Å². The first-order valence-corrected chi connectivity index (χ1v) is 4.96. The molecule has 0 saturated heterocycles. The molecule has 86 valence electrons. The first kappa shape index (κ1) is 13.6. The molecule has 15 heavy (non-hydrogen) atoms. The van der Waals surface area contributed by atoms with Crippen molar-refractivity contribution in [1.29, 1.82) is 0 Å². The number of nitrogens with one attached hydrogen (secondary N) is 2. The standard InChI is InChI=1S/C10H18N2O3/c1-7(2)4-9(5-13)12-10(15)8(3)11-6-14/h5-9H,4H2,1-3H3,(H,11,14)(H,12,15)/t8-,9+/m1/s1. The molecular weight excluding hydrogens is 196 g/mol. The maximum absolute atomic E-state index is 11.4. The molecule has 0 spiro atoms. The Balaban J connectivity index is 4.11. The molecule has 0 aromatic rings. The van der Waals surface area contributed by atoms with Gasteiger partial charge >= 0.3 is 0 Å². The normalized spacial score (nSPS) is 14.1. The van der Waals surface area contributed by atoms with Crippen molar-refractivity contribution in [1.82, 2.24) is 10.6 Å². The topological polar surface area (TPSA) is 75.3 Å². The monoisotopic (exact) mass is 214 g/mol. The first-order chi connectivity index (χ1) is 7.01. The minimum Gasteiger partial charge on any atom is -0.347 e. The van der Waals surface area contributed by atoms with E-state index in [1.807, 2.05) is 13.8 Å². The Morgan fingerprint density at radius 3 is 2.27 bits per heavy atom. The molecule has 0 saturated carbocycles. The van der Waals surface area contributed by atoms with E-state index < -0.39 is 12.1 Å². The molecule has 5 nitrogen and oxygen atoms in total. The van der Waals surface area contributed by atoms with Crippen LogP contribution in [0.2, 0.25) is 0 Å². The summed E-state index contributed by atoms with van der Waals surface area (Å²) in [6, 6.07) is -1.09. The van der Waals surface area contributed by atoms with E-state index in [9.17, 15) is 14.4 Å². The lowest BCUT2D eigenvalue weighted by molar-refractivity contribution is -0.127. The van der Waals surface area contributed by atoms with Crippen LogP contribution >= 0.6 is 0 Å². The maximum atomic E-state index is 11.4. The lowest BCUT2D eigenvalue weighted by Gasteiger charge is -2.17. The van der Waals surface area contributed by atoms with E-state index in [4.69, 9.17) is 0 Å². The van der Waals surface area contributed by atoms with Gasteiger partial charge in [0.1, 0.15) is 12.3 Å². The number of hydrogen-bond donors (Lipinski definition) is 2. The second-order valence-electron chi connectivity index (χ2n) is 3.89. The summed E-state index contributed by atoms with van der Waals surface area (Å²) >= 11 is 0. The average molecular weight is 214 g/mol. The minimum absolute atomic E-state index is 0.329. The summed E-state index contributed by atoms with van der Waals surface area (Å²) in [4.78, 5) is 32.1. The molecule has 0 aliphatic heterocycles. The van der Waals surface area contributed by atoms with Gasteiger partial charge in [0.25, 0.3) is 0 Å². The Hall–Kier alpha value is -1.39. The van der Waals surface area contributed by atoms with Crippen LogP contribution < -0.4 is 10.6 Å². The summed E-state index contributed by atoms with van der Waals surface area (Å²) in [5, 5.41) is 4.87. The Kier molecular flexibility index (Phi) is 6.33. The number of rotatable bonds is 7. The molecule has 5 heteroatoms. The second-order valence-corrected chi connectivity index (χ2v) is 3.89. The van der Waals surface area contributed by atoms with Gasteiger partial charge in [-0.1, -0.05) is 13.8 Å². The van der Waals surface area contributed by atoms with Crippen LogP contribution in [0.25, 0.3) is 0 Å². The van der Waals surface area contributed by atoms with Crippen LogP contribution in [0.1, 0.15) is 27.2 Å². The van der Waals surface area contributed by atoms with Crippen molar-refractivity contribution >= 4 is 18.6 Å². The summed E-state index contributed by atoms with van der Waals surface area (Å²) in [7, 11) is 0. The lowest BCUT2D eigenvalue weighted by Crippen LogP contribution is -2.46. The molecule has 0 rings (SSSR count). The molecular formula is C10H18N2O3. The molecule has 0 aliphatic carbocycles. The Morgan fingerprint density at radius 1 is 1.27 bits per heavy atom. The maximum Gasteiger partial charge on any atom is 0.242 e. The van der Waals surface area contributed by atoms with Crippen molar-refractivity contribution in [2.45, 2.75) is 39.3 Å². The fraction of sp³-hybridized carbons (Fsp3) is 0.700. The van der Waals surface area contributed by atoms with Crippen molar-refractivity contribution in [3.63, 3.8) is 0 Å². The highest BCUT2D eigenvalue weighted by molar-refractivity contribution is 5.85. The highest BCUT2D eigenvalue weighted by Gasteiger charge is 2.17. The van der Waals surface area contributed by atoms with E-state index in [1.165, 1.54) is 0 Å². The molecule has 0 unspecified atom stereocenters. The number of carbonyl (C=O) groups excluding carboxylic acids is 3. The summed E-state index contributed by atoms with van der Waals surface area (Å²) in [5.74, 6) is -0.0188. The highest BCUT2D eigenvalue weighted by atomic mass is 16.2. The zero-order chi connectivity index (χ0) is 11.8. The predicted octanol–water partition coefficient (Wildman–Crippen LogP) is -0.149. The van der Waals surface area contributed by atoms with Crippen LogP contribution in [0.4, 0.5) is 0 Å². The van der Waals surface area contributed by atoms with E-state index in [-0.39, 0.29) is 5.91 Å². The van der Waals surface area contributed by atoms with Gasteiger partial charge in [0.05, 0.1) is 6.04 Å². The van der Waals surface area contributed by atoms with E-state index in [2.05, 4.69) is 10.6 Å². The van der Waals surface area contributed by atoms with Crippen LogP contribution in [0.15, 0.2) is 0 Å². The molecule has 0 aromatic carbocycles. The van der Waals surface area contributed by atoms with Crippen molar-refractivity contribution in [3.05, 3.63) is 0 Å². The van der Waals surface area contributed by atoms with Crippen molar-refractivity contribution < 1.29 is 14.4 Å². The van der Waals surface area contributed by atoms with Gasteiger partial charge in [0.2, 0.25) is 12.3 Å². The van der Waals surface area contributed by atoms with Gasteiger partial charge in [-0.25, -0.2) is 0 Å². The molecule has 0 heterocycles. The van der Waals surface area contributed by atoms with E-state index in [1.54, 1.807) is 6.92 Å². The SMILES string of the molecule is CC(C)C[C@@H](C=O)NC(=O)[C@@H](C)NC=O. The van der Waals surface area contributed by atoms with Gasteiger partial charge in [0.15, 0.2) is 0 Å². The third kappa shape index (κ3) is 5.83. The third-order valence-corrected chi connectivity index (χ3v) is 1.93. The first-order valence-electron chi connectivity index (χ1n) is 4.96. The Bertz CT molecular complexity index is 229. The van der Waals surface area contributed by atoms with Crippen LogP contribution in [-0.4, -0.2) is 30.7 Å². The zero-order valence-corrected chi connectivity index (χ0v) is 9.32. The van der Waals surface area contributed by atoms with E-state index in [0.29, 0.717) is 25.0 Å². The zero-order valence-electron chi connectivity index (χ0n) is 9.32. The molecule has 2 amide bonds. The van der Waals surface area contributed by atoms with Crippen LogP contribution in [-0.2, 0) is 14.4 Å². The van der Waals surface area contributed by atoms with Gasteiger partial charge in [0, 0.05) is 0 Å². The molecule has 0 aliphatic rings. The molecule has 0 bridgehead atoms. The Morgan fingerprint density at radius 2 is 1.87 bits per heavy atom. The quantitative estimate of drug-likeness (QED) is 0.579. The summed E-state index contributed by atoms with van der Waals surface area (Å²) < 4.78 is 0. The van der Waals surface area contributed by atoms with Gasteiger partial charge in [-0.05, 0) is 19.3 Å². The number of amides is 2. The second kappa shape index (κ2) is 6.98. The molecule has 2 atom stereocenters. The predicted molar refractivity (Wildman–Crippen MR) is 56.1 cm³/mol. The summed E-state index contributed by atoms with van der Waals surface area (Å²) in [6.07, 6.45) is 1.77. The highest BCUT2D eigenvalue weighted by Crippen LogP contribution is 2.02. The molecule has 0 radical (unpaired) electrons. The minimum atomic E-state index is -0.614. The van der Waals surface area contributed by atoms with Crippen LogP contribution in [0, 0.1) is 5.92 Å². The fourth-order valence-electron chi connectivity index (χ4n) is 1.14. The van der Waals surface area contributed by atoms with Crippen molar-refractivity contribution in [3.8, 4) is 0 Å². The summed E-state index contributed by atoms with van der Waals surface area (Å²) in [6.45, 7) is 5.49. The average Bonchev–Trinajstić information content (AvgIpc) is 2.16. The van der Waals surface area contributed by atoms with Crippen molar-refractivity contribution in [2.24, 2.45) is 5.92 Å².